The number of methoxy groups -OCH3 is 1. The third-order valence-electron chi connectivity index (χ3n) is 5.41. The molecule has 0 aliphatic carbocycles. The Hall–Kier alpha value is -3.81. The van der Waals surface area contributed by atoms with E-state index in [1.165, 1.54) is 7.11 Å². The van der Waals surface area contributed by atoms with Gasteiger partial charge in [-0.3, -0.25) is 9.78 Å². The molecule has 3 heterocycles. The quantitative estimate of drug-likeness (QED) is 0.637. The van der Waals surface area contributed by atoms with Crippen molar-refractivity contribution in [1.29, 1.82) is 0 Å². The summed E-state index contributed by atoms with van der Waals surface area (Å²) >= 11 is 0. The SMILES string of the molecule is COC(=O)c1ccccc1NC(=O)C1CCN(c2ccc(-c3ccncc3)nn2)CC1. The minimum Gasteiger partial charge on any atom is -0.465 e. The van der Waals surface area contributed by atoms with Crippen molar-refractivity contribution in [1.82, 2.24) is 15.2 Å². The van der Waals surface area contributed by atoms with Gasteiger partial charge in [0.05, 0.1) is 24.1 Å². The predicted molar refractivity (Wildman–Crippen MR) is 117 cm³/mol. The molecule has 1 aliphatic heterocycles. The van der Waals surface area contributed by atoms with E-state index in [0.717, 1.165) is 17.1 Å². The van der Waals surface area contributed by atoms with Gasteiger partial charge in [0, 0.05) is 37.0 Å². The van der Waals surface area contributed by atoms with Crippen molar-refractivity contribution in [3.05, 3.63) is 66.5 Å². The summed E-state index contributed by atoms with van der Waals surface area (Å²) in [5.74, 6) is 0.105. The van der Waals surface area contributed by atoms with E-state index in [9.17, 15) is 9.59 Å². The molecule has 1 fully saturated rings. The van der Waals surface area contributed by atoms with E-state index >= 15 is 0 Å². The van der Waals surface area contributed by atoms with Gasteiger partial charge in [0.1, 0.15) is 0 Å². The van der Waals surface area contributed by atoms with Gasteiger partial charge < -0.3 is 15.0 Å². The average Bonchev–Trinajstić information content (AvgIpc) is 2.84. The Balaban J connectivity index is 1.36. The molecule has 31 heavy (non-hydrogen) atoms. The molecular weight excluding hydrogens is 394 g/mol. The molecule has 0 saturated carbocycles. The highest BCUT2D eigenvalue weighted by Gasteiger charge is 2.26. The van der Waals surface area contributed by atoms with Crippen LogP contribution in [-0.4, -0.2) is 47.3 Å². The van der Waals surface area contributed by atoms with Gasteiger partial charge in [-0.25, -0.2) is 4.79 Å². The van der Waals surface area contributed by atoms with Crippen LogP contribution in [0.4, 0.5) is 11.5 Å². The highest BCUT2D eigenvalue weighted by atomic mass is 16.5. The van der Waals surface area contributed by atoms with E-state index in [0.29, 0.717) is 37.2 Å². The van der Waals surface area contributed by atoms with Crippen LogP contribution in [0.2, 0.25) is 0 Å². The summed E-state index contributed by atoms with van der Waals surface area (Å²) in [5, 5.41) is 11.6. The predicted octanol–water partition coefficient (Wildman–Crippen LogP) is 3.18. The summed E-state index contributed by atoms with van der Waals surface area (Å²) in [5.41, 5.74) is 2.58. The highest BCUT2D eigenvalue weighted by Crippen LogP contribution is 2.25. The number of hydrogen-bond donors (Lipinski definition) is 1. The van der Waals surface area contributed by atoms with E-state index in [-0.39, 0.29) is 11.8 Å². The summed E-state index contributed by atoms with van der Waals surface area (Å²) in [6.45, 7) is 1.42. The summed E-state index contributed by atoms with van der Waals surface area (Å²) in [7, 11) is 1.32. The van der Waals surface area contributed by atoms with Gasteiger partial charge in [0.2, 0.25) is 5.91 Å². The molecule has 1 aliphatic rings. The third kappa shape index (κ3) is 4.69. The topological polar surface area (TPSA) is 97.3 Å². The Kier molecular flexibility index (Phi) is 6.16. The lowest BCUT2D eigenvalue weighted by atomic mass is 9.95. The molecule has 1 N–H and O–H groups in total. The first kappa shape index (κ1) is 20.5. The van der Waals surface area contributed by atoms with Crippen LogP contribution < -0.4 is 10.2 Å². The maximum absolute atomic E-state index is 12.8. The van der Waals surface area contributed by atoms with Crippen LogP contribution in [0, 0.1) is 5.92 Å². The first-order valence-electron chi connectivity index (χ1n) is 10.1. The zero-order valence-corrected chi connectivity index (χ0v) is 17.2. The molecule has 4 rings (SSSR count). The summed E-state index contributed by atoms with van der Waals surface area (Å²) in [6, 6.07) is 14.5. The Morgan fingerprint density at radius 2 is 1.74 bits per heavy atom. The number of carbonyl (C=O) groups is 2. The molecule has 8 heteroatoms. The van der Waals surface area contributed by atoms with Crippen LogP contribution in [0.25, 0.3) is 11.3 Å². The zero-order chi connectivity index (χ0) is 21.6. The Labute approximate surface area is 180 Å². The number of rotatable bonds is 5. The second-order valence-electron chi connectivity index (χ2n) is 7.30. The standard InChI is InChI=1S/C23H23N5O3/c1-31-23(30)18-4-2-3-5-20(18)25-22(29)17-10-14-28(15-11-17)21-7-6-19(26-27-21)16-8-12-24-13-9-16/h2-9,12-13,17H,10-11,14-15H2,1H3,(H,25,29). The van der Waals surface area contributed by atoms with Gasteiger partial charge in [-0.15, -0.1) is 10.2 Å². The van der Waals surface area contributed by atoms with Crippen LogP contribution in [0.3, 0.4) is 0 Å². The molecule has 1 saturated heterocycles. The van der Waals surface area contributed by atoms with Gasteiger partial charge in [0.15, 0.2) is 5.82 Å². The van der Waals surface area contributed by atoms with Crippen molar-refractivity contribution in [2.45, 2.75) is 12.8 Å². The molecule has 0 unspecified atom stereocenters. The van der Waals surface area contributed by atoms with Crippen LogP contribution in [0.15, 0.2) is 60.9 Å². The van der Waals surface area contributed by atoms with E-state index in [2.05, 4.69) is 25.4 Å². The molecule has 0 atom stereocenters. The van der Waals surface area contributed by atoms with Crippen LogP contribution in [0.5, 0.6) is 0 Å². The Bertz CT molecular complexity index is 1050. The molecule has 3 aromatic rings. The first-order chi connectivity index (χ1) is 15.2. The minimum absolute atomic E-state index is 0.0878. The minimum atomic E-state index is -0.473. The number of aromatic nitrogens is 3. The molecule has 1 amide bonds. The first-order valence-corrected chi connectivity index (χ1v) is 10.1. The molecule has 0 radical (unpaired) electrons. The number of para-hydroxylation sites is 1. The Morgan fingerprint density at radius 1 is 1.00 bits per heavy atom. The fourth-order valence-electron chi connectivity index (χ4n) is 3.66. The van der Waals surface area contributed by atoms with Crippen LogP contribution in [0.1, 0.15) is 23.2 Å². The number of benzene rings is 1. The van der Waals surface area contributed by atoms with Crippen LogP contribution in [-0.2, 0) is 9.53 Å². The van der Waals surface area contributed by atoms with Crippen LogP contribution >= 0.6 is 0 Å². The fourth-order valence-corrected chi connectivity index (χ4v) is 3.66. The summed E-state index contributed by atoms with van der Waals surface area (Å²) in [4.78, 5) is 30.8. The lowest BCUT2D eigenvalue weighted by molar-refractivity contribution is -0.120. The van der Waals surface area contributed by atoms with Gasteiger partial charge >= 0.3 is 5.97 Å². The maximum Gasteiger partial charge on any atom is 0.339 e. The van der Waals surface area contributed by atoms with Gasteiger partial charge in [-0.1, -0.05) is 12.1 Å². The molecule has 1 aromatic carbocycles. The number of carbonyl (C=O) groups excluding carboxylic acids is 2. The monoisotopic (exact) mass is 417 g/mol. The van der Waals surface area contributed by atoms with Crippen molar-refractivity contribution in [3.8, 4) is 11.3 Å². The largest absolute Gasteiger partial charge is 0.465 e. The second-order valence-corrected chi connectivity index (χ2v) is 7.30. The highest BCUT2D eigenvalue weighted by molar-refractivity contribution is 6.01. The van der Waals surface area contributed by atoms with E-state index in [1.54, 1.807) is 36.7 Å². The van der Waals surface area contributed by atoms with Crippen molar-refractivity contribution >= 4 is 23.4 Å². The van der Waals surface area contributed by atoms with Gasteiger partial charge in [-0.05, 0) is 49.2 Å². The number of piperidine rings is 1. The van der Waals surface area contributed by atoms with E-state index in [4.69, 9.17) is 4.74 Å². The second kappa shape index (κ2) is 9.34. The Morgan fingerprint density at radius 3 is 2.42 bits per heavy atom. The van der Waals surface area contributed by atoms with Crippen molar-refractivity contribution in [3.63, 3.8) is 0 Å². The van der Waals surface area contributed by atoms with Gasteiger partial charge in [0.25, 0.3) is 0 Å². The number of hydrogen-bond acceptors (Lipinski definition) is 7. The number of nitrogens with zero attached hydrogens (tertiary/aromatic N) is 4. The fraction of sp³-hybridized carbons (Fsp3) is 0.261. The lowest BCUT2D eigenvalue weighted by Gasteiger charge is -2.32. The average molecular weight is 417 g/mol. The normalized spacial score (nSPS) is 14.2. The zero-order valence-electron chi connectivity index (χ0n) is 17.2. The molecule has 0 spiro atoms. The number of esters is 1. The number of nitrogens with one attached hydrogen (secondary N) is 1. The van der Waals surface area contributed by atoms with Crippen molar-refractivity contribution < 1.29 is 14.3 Å². The van der Waals surface area contributed by atoms with Gasteiger partial charge in [-0.2, -0.15) is 0 Å². The van der Waals surface area contributed by atoms with Crippen molar-refractivity contribution in [2.75, 3.05) is 30.4 Å². The molecule has 8 nitrogen and oxygen atoms in total. The summed E-state index contributed by atoms with van der Waals surface area (Å²) in [6.07, 6.45) is 4.84. The molecule has 0 bridgehead atoms. The molecular formula is C23H23N5O3. The lowest BCUT2D eigenvalue weighted by Crippen LogP contribution is -2.38. The number of amides is 1. The molecule has 158 valence electrons. The number of anilines is 2. The van der Waals surface area contributed by atoms with E-state index < -0.39 is 5.97 Å². The maximum atomic E-state index is 12.8. The third-order valence-corrected chi connectivity index (χ3v) is 5.41. The van der Waals surface area contributed by atoms with E-state index in [1.807, 2.05) is 24.3 Å². The smallest absolute Gasteiger partial charge is 0.339 e. The number of pyridine rings is 1. The summed E-state index contributed by atoms with van der Waals surface area (Å²) < 4.78 is 4.79. The molecule has 2 aromatic heterocycles. The van der Waals surface area contributed by atoms with Crippen molar-refractivity contribution in [2.24, 2.45) is 5.92 Å². The number of ether oxygens (including phenoxy) is 1.